The Hall–Kier alpha value is -2.14. The maximum absolute atomic E-state index is 12.4. The first-order chi connectivity index (χ1) is 10.3. The molecule has 3 rings (SSSR count). The summed E-state index contributed by atoms with van der Waals surface area (Å²) in [6, 6.07) is 11.9. The van der Waals surface area contributed by atoms with Gasteiger partial charge in [0.2, 0.25) is 0 Å². The largest absolute Gasteiger partial charge is 0.355 e. The Labute approximate surface area is 123 Å². The molecule has 0 atom stereocenters. The van der Waals surface area contributed by atoms with E-state index in [1.165, 1.54) is 0 Å². The molecule has 1 saturated heterocycles. The van der Waals surface area contributed by atoms with E-state index in [1.807, 2.05) is 42.3 Å². The summed E-state index contributed by atoms with van der Waals surface area (Å²) in [7, 11) is 1.96. The third-order valence-corrected chi connectivity index (χ3v) is 3.98. The molecule has 1 N–H and O–H groups in total. The minimum absolute atomic E-state index is 0.0458. The second-order valence-electron chi connectivity index (χ2n) is 5.30. The normalized spacial score (nSPS) is 16.1. The average Bonchev–Trinajstić information content (AvgIpc) is 3.05. The van der Waals surface area contributed by atoms with Crippen molar-refractivity contribution < 1.29 is 9.32 Å². The van der Waals surface area contributed by atoms with Gasteiger partial charge < -0.3 is 14.7 Å². The van der Waals surface area contributed by atoms with Crippen LogP contribution in [0, 0.1) is 0 Å². The summed E-state index contributed by atoms with van der Waals surface area (Å²) >= 11 is 0. The highest BCUT2D eigenvalue weighted by atomic mass is 16.5. The van der Waals surface area contributed by atoms with Gasteiger partial charge in [-0.3, -0.25) is 4.79 Å². The molecule has 5 heteroatoms. The Morgan fingerprint density at radius 3 is 2.67 bits per heavy atom. The van der Waals surface area contributed by atoms with E-state index in [0.717, 1.165) is 31.5 Å². The van der Waals surface area contributed by atoms with E-state index in [-0.39, 0.29) is 5.91 Å². The van der Waals surface area contributed by atoms with E-state index in [1.54, 1.807) is 6.07 Å². The third-order valence-electron chi connectivity index (χ3n) is 3.98. The minimum Gasteiger partial charge on any atom is -0.355 e. The number of rotatable bonds is 3. The molecule has 110 valence electrons. The smallest absolute Gasteiger partial charge is 0.276 e. The van der Waals surface area contributed by atoms with Gasteiger partial charge in [0, 0.05) is 30.8 Å². The highest BCUT2D eigenvalue weighted by molar-refractivity contribution is 5.93. The van der Waals surface area contributed by atoms with Crippen LogP contribution in [0.25, 0.3) is 11.3 Å². The number of amides is 1. The molecule has 1 fully saturated rings. The van der Waals surface area contributed by atoms with Crippen molar-refractivity contribution in [1.82, 2.24) is 15.4 Å². The number of hydrogen-bond donors (Lipinski definition) is 1. The van der Waals surface area contributed by atoms with E-state index in [0.29, 0.717) is 17.5 Å². The Bertz CT molecular complexity index is 601. The van der Waals surface area contributed by atoms with Crippen molar-refractivity contribution in [3.63, 3.8) is 0 Å². The third kappa shape index (κ3) is 2.97. The van der Waals surface area contributed by atoms with Crippen LogP contribution in [0.2, 0.25) is 0 Å². The number of benzene rings is 1. The van der Waals surface area contributed by atoms with Crippen molar-refractivity contribution in [3.05, 3.63) is 42.1 Å². The molecule has 0 unspecified atom stereocenters. The van der Waals surface area contributed by atoms with Gasteiger partial charge in [-0.1, -0.05) is 35.5 Å². The molecule has 5 nitrogen and oxygen atoms in total. The zero-order chi connectivity index (χ0) is 14.7. The van der Waals surface area contributed by atoms with Crippen LogP contribution in [0.3, 0.4) is 0 Å². The van der Waals surface area contributed by atoms with Crippen molar-refractivity contribution in [3.8, 4) is 11.3 Å². The van der Waals surface area contributed by atoms with Crippen LogP contribution in [0.5, 0.6) is 0 Å². The van der Waals surface area contributed by atoms with Gasteiger partial charge in [-0.25, -0.2) is 0 Å². The summed E-state index contributed by atoms with van der Waals surface area (Å²) in [4.78, 5) is 14.3. The number of aromatic nitrogens is 1. The molecule has 1 aromatic carbocycles. The van der Waals surface area contributed by atoms with Gasteiger partial charge in [0.15, 0.2) is 11.5 Å². The number of nitrogens with one attached hydrogen (secondary N) is 1. The topological polar surface area (TPSA) is 58.4 Å². The molecular weight excluding hydrogens is 266 g/mol. The second-order valence-corrected chi connectivity index (χ2v) is 5.30. The zero-order valence-electron chi connectivity index (χ0n) is 12.1. The molecule has 1 aliphatic heterocycles. The minimum atomic E-state index is -0.0458. The molecule has 0 spiro atoms. The number of carbonyl (C=O) groups excluding carboxylic acids is 1. The fraction of sp³-hybridized carbons (Fsp3) is 0.375. The standard InChI is InChI=1S/C16H19N3O2/c1-17-13-7-9-19(10-8-13)16(20)14-11-15(21-18-14)12-5-3-2-4-6-12/h2-6,11,13,17H,7-10H2,1H3. The predicted octanol–water partition coefficient (Wildman–Crippen LogP) is 2.17. The highest BCUT2D eigenvalue weighted by Gasteiger charge is 2.25. The second kappa shape index (κ2) is 6.10. The first kappa shape index (κ1) is 13.8. The van der Waals surface area contributed by atoms with Gasteiger partial charge >= 0.3 is 0 Å². The van der Waals surface area contributed by atoms with Gasteiger partial charge in [0.05, 0.1) is 0 Å². The Kier molecular flexibility index (Phi) is 4.01. The fourth-order valence-electron chi connectivity index (χ4n) is 2.65. The number of piperidine rings is 1. The van der Waals surface area contributed by atoms with Gasteiger partial charge in [-0.15, -0.1) is 0 Å². The van der Waals surface area contributed by atoms with Gasteiger partial charge in [0.25, 0.3) is 5.91 Å². The van der Waals surface area contributed by atoms with Crippen LogP contribution in [0.4, 0.5) is 0 Å². The van der Waals surface area contributed by atoms with Crippen molar-refractivity contribution in [2.75, 3.05) is 20.1 Å². The van der Waals surface area contributed by atoms with Gasteiger partial charge in [0.1, 0.15) is 0 Å². The van der Waals surface area contributed by atoms with E-state index < -0.39 is 0 Å². The van der Waals surface area contributed by atoms with Crippen molar-refractivity contribution in [2.45, 2.75) is 18.9 Å². The van der Waals surface area contributed by atoms with Gasteiger partial charge in [-0.05, 0) is 19.9 Å². The number of hydrogen-bond acceptors (Lipinski definition) is 4. The SMILES string of the molecule is CNC1CCN(C(=O)c2cc(-c3ccccc3)on2)CC1. The van der Waals surface area contributed by atoms with Crippen LogP contribution in [0.1, 0.15) is 23.3 Å². The summed E-state index contributed by atoms with van der Waals surface area (Å²) < 4.78 is 5.30. The highest BCUT2D eigenvalue weighted by Crippen LogP contribution is 2.21. The summed E-state index contributed by atoms with van der Waals surface area (Å²) in [5.41, 5.74) is 1.31. The number of likely N-dealkylation sites (tertiary alicyclic amines) is 1. The predicted molar refractivity (Wildman–Crippen MR) is 79.9 cm³/mol. The Balaban J connectivity index is 1.70. The van der Waals surface area contributed by atoms with Crippen LogP contribution in [0.15, 0.2) is 40.9 Å². The monoisotopic (exact) mass is 285 g/mol. The lowest BCUT2D eigenvalue weighted by Crippen LogP contribution is -2.44. The van der Waals surface area contributed by atoms with E-state index in [9.17, 15) is 4.79 Å². The molecule has 1 aromatic heterocycles. The van der Waals surface area contributed by atoms with Crippen LogP contribution in [-0.2, 0) is 0 Å². The summed E-state index contributed by atoms with van der Waals surface area (Å²) in [6.45, 7) is 1.52. The molecule has 1 amide bonds. The molecule has 2 aromatic rings. The Morgan fingerprint density at radius 1 is 1.29 bits per heavy atom. The lowest BCUT2D eigenvalue weighted by atomic mass is 10.0. The zero-order valence-corrected chi connectivity index (χ0v) is 12.1. The lowest BCUT2D eigenvalue weighted by molar-refractivity contribution is 0.0697. The molecular formula is C16H19N3O2. The van der Waals surface area contributed by atoms with Gasteiger partial charge in [-0.2, -0.15) is 0 Å². The van der Waals surface area contributed by atoms with Crippen molar-refractivity contribution >= 4 is 5.91 Å². The van der Waals surface area contributed by atoms with Crippen LogP contribution >= 0.6 is 0 Å². The van der Waals surface area contributed by atoms with Crippen molar-refractivity contribution in [2.24, 2.45) is 0 Å². The molecule has 0 bridgehead atoms. The summed E-state index contributed by atoms with van der Waals surface area (Å²) in [6.07, 6.45) is 1.96. The van der Waals surface area contributed by atoms with Crippen LogP contribution < -0.4 is 5.32 Å². The average molecular weight is 285 g/mol. The maximum atomic E-state index is 12.4. The molecule has 2 heterocycles. The van der Waals surface area contributed by atoms with Crippen molar-refractivity contribution in [1.29, 1.82) is 0 Å². The molecule has 1 aliphatic rings. The first-order valence-electron chi connectivity index (χ1n) is 7.26. The van der Waals surface area contributed by atoms with E-state index >= 15 is 0 Å². The number of nitrogens with zero attached hydrogens (tertiary/aromatic N) is 2. The quantitative estimate of drug-likeness (QED) is 0.939. The lowest BCUT2D eigenvalue weighted by Gasteiger charge is -2.31. The van der Waals surface area contributed by atoms with E-state index in [4.69, 9.17) is 4.52 Å². The molecule has 0 saturated carbocycles. The molecule has 21 heavy (non-hydrogen) atoms. The first-order valence-corrected chi connectivity index (χ1v) is 7.26. The number of carbonyl (C=O) groups is 1. The summed E-state index contributed by atoms with van der Waals surface area (Å²) in [5, 5.41) is 7.18. The fourth-order valence-corrected chi connectivity index (χ4v) is 2.65. The summed E-state index contributed by atoms with van der Waals surface area (Å²) in [5.74, 6) is 0.583. The van der Waals surface area contributed by atoms with Crippen LogP contribution in [-0.4, -0.2) is 42.1 Å². The van der Waals surface area contributed by atoms with E-state index in [2.05, 4.69) is 10.5 Å². The molecule has 0 aliphatic carbocycles. The maximum Gasteiger partial charge on any atom is 0.276 e. The Morgan fingerprint density at radius 2 is 2.00 bits per heavy atom. The molecule has 0 radical (unpaired) electrons.